The van der Waals surface area contributed by atoms with Crippen molar-refractivity contribution in [1.82, 2.24) is 0 Å². The lowest BCUT2D eigenvalue weighted by Crippen LogP contribution is -2.16. The smallest absolute Gasteiger partial charge is 0.417 e. The molecule has 114 valence electrons. The van der Waals surface area contributed by atoms with E-state index in [0.717, 1.165) is 0 Å². The molecule has 0 saturated carbocycles. The molecule has 0 saturated heterocycles. The molecule has 2 amide bonds. The third kappa shape index (κ3) is 4.39. The lowest BCUT2D eigenvalue weighted by atomic mass is 10.3. The molecule has 0 aliphatic rings. The summed E-state index contributed by atoms with van der Waals surface area (Å²) >= 11 is 5.78. The molecule has 7 heteroatoms. The van der Waals surface area contributed by atoms with Crippen LogP contribution in [0.1, 0.15) is 6.92 Å². The summed E-state index contributed by atoms with van der Waals surface area (Å²) in [4.78, 5) is 22.6. The van der Waals surface area contributed by atoms with Crippen LogP contribution in [-0.4, -0.2) is 17.1 Å². The van der Waals surface area contributed by atoms with Crippen molar-refractivity contribution in [1.29, 1.82) is 0 Å². The summed E-state index contributed by atoms with van der Waals surface area (Å²) in [6, 6.07) is 10.5. The minimum Gasteiger partial charge on any atom is -0.506 e. The first-order valence-electron chi connectivity index (χ1n) is 6.29. The van der Waals surface area contributed by atoms with Crippen molar-refractivity contribution in [3.63, 3.8) is 0 Å². The molecule has 0 unspecified atom stereocenters. The standard InChI is InChI=1S/C15H13ClN2O4/c1-9(19)17-11-3-5-12(6-4-11)22-15(21)18-13-8-10(16)2-7-14(13)20/h2-8,20H,1H3,(H,17,19)(H,18,21). The van der Waals surface area contributed by atoms with E-state index in [1.54, 1.807) is 12.1 Å². The number of carbonyl (C=O) groups excluding carboxylic acids is 2. The van der Waals surface area contributed by atoms with Gasteiger partial charge in [0.1, 0.15) is 11.5 Å². The third-order valence-electron chi connectivity index (χ3n) is 2.58. The Labute approximate surface area is 131 Å². The molecular weight excluding hydrogens is 308 g/mol. The predicted octanol–water partition coefficient (Wildman–Crippen LogP) is 3.61. The van der Waals surface area contributed by atoms with Gasteiger partial charge >= 0.3 is 6.09 Å². The van der Waals surface area contributed by atoms with Crippen molar-refractivity contribution < 1.29 is 19.4 Å². The molecule has 0 fully saturated rings. The number of rotatable bonds is 3. The number of hydrogen-bond acceptors (Lipinski definition) is 4. The van der Waals surface area contributed by atoms with E-state index >= 15 is 0 Å². The number of halogens is 1. The molecule has 0 atom stereocenters. The number of nitrogens with one attached hydrogen (secondary N) is 2. The fraction of sp³-hybridized carbons (Fsp3) is 0.0667. The predicted molar refractivity (Wildman–Crippen MR) is 83.5 cm³/mol. The molecular formula is C15H13ClN2O4. The third-order valence-corrected chi connectivity index (χ3v) is 2.82. The van der Waals surface area contributed by atoms with E-state index in [1.807, 2.05) is 0 Å². The Balaban J connectivity index is 1.99. The molecule has 0 aliphatic carbocycles. The minimum absolute atomic E-state index is 0.123. The minimum atomic E-state index is -0.773. The Morgan fingerprint density at radius 1 is 1.09 bits per heavy atom. The van der Waals surface area contributed by atoms with Gasteiger partial charge in [0.05, 0.1) is 5.69 Å². The van der Waals surface area contributed by atoms with Gasteiger partial charge in [0, 0.05) is 17.6 Å². The molecule has 22 heavy (non-hydrogen) atoms. The van der Waals surface area contributed by atoms with E-state index < -0.39 is 6.09 Å². The van der Waals surface area contributed by atoms with E-state index in [1.165, 1.54) is 37.3 Å². The van der Waals surface area contributed by atoms with E-state index in [0.29, 0.717) is 10.7 Å². The lowest BCUT2D eigenvalue weighted by molar-refractivity contribution is -0.114. The summed E-state index contributed by atoms with van der Waals surface area (Å²) in [6.45, 7) is 1.40. The average molecular weight is 321 g/mol. The van der Waals surface area contributed by atoms with Crippen LogP contribution in [0.25, 0.3) is 0 Å². The summed E-state index contributed by atoms with van der Waals surface area (Å²) in [6.07, 6.45) is -0.773. The Hall–Kier alpha value is -2.73. The summed E-state index contributed by atoms with van der Waals surface area (Å²) in [5.74, 6) is -0.0293. The van der Waals surface area contributed by atoms with Gasteiger partial charge in [0.2, 0.25) is 5.91 Å². The Kier molecular flexibility index (Phi) is 4.85. The van der Waals surface area contributed by atoms with Crippen LogP contribution >= 0.6 is 11.6 Å². The normalized spacial score (nSPS) is 9.91. The number of amides is 2. The number of hydrogen-bond donors (Lipinski definition) is 3. The van der Waals surface area contributed by atoms with Crippen molar-refractivity contribution in [3.05, 3.63) is 47.5 Å². The Morgan fingerprint density at radius 2 is 1.77 bits per heavy atom. The van der Waals surface area contributed by atoms with Gasteiger partial charge < -0.3 is 15.2 Å². The van der Waals surface area contributed by atoms with Crippen LogP contribution in [-0.2, 0) is 4.79 Å². The fourth-order valence-electron chi connectivity index (χ4n) is 1.66. The molecule has 2 aromatic carbocycles. The molecule has 6 nitrogen and oxygen atoms in total. The first-order chi connectivity index (χ1) is 10.4. The maximum atomic E-state index is 11.8. The van der Waals surface area contributed by atoms with Crippen LogP contribution in [0.5, 0.6) is 11.5 Å². The van der Waals surface area contributed by atoms with Crippen LogP contribution in [0, 0.1) is 0 Å². The number of benzene rings is 2. The monoisotopic (exact) mass is 320 g/mol. The summed E-state index contributed by atoms with van der Waals surface area (Å²) in [7, 11) is 0. The number of aromatic hydroxyl groups is 1. The topological polar surface area (TPSA) is 87.7 Å². The van der Waals surface area contributed by atoms with Crippen LogP contribution in [0.2, 0.25) is 5.02 Å². The molecule has 0 spiro atoms. The first kappa shape index (κ1) is 15.7. The highest BCUT2D eigenvalue weighted by Gasteiger charge is 2.09. The zero-order valence-corrected chi connectivity index (χ0v) is 12.3. The quantitative estimate of drug-likeness (QED) is 0.754. The van der Waals surface area contributed by atoms with Crippen molar-refractivity contribution in [2.75, 3.05) is 10.6 Å². The van der Waals surface area contributed by atoms with Crippen LogP contribution < -0.4 is 15.4 Å². The maximum Gasteiger partial charge on any atom is 0.417 e. The molecule has 0 heterocycles. The number of anilines is 2. The van der Waals surface area contributed by atoms with Gasteiger partial charge in [-0.2, -0.15) is 0 Å². The molecule has 2 rings (SSSR count). The van der Waals surface area contributed by atoms with E-state index in [2.05, 4.69) is 10.6 Å². The van der Waals surface area contributed by atoms with Gasteiger partial charge in [0.25, 0.3) is 0 Å². The van der Waals surface area contributed by atoms with Crippen LogP contribution in [0.15, 0.2) is 42.5 Å². The molecule has 3 N–H and O–H groups in total. The Bertz CT molecular complexity index is 701. The maximum absolute atomic E-state index is 11.8. The van der Waals surface area contributed by atoms with Gasteiger partial charge in [-0.25, -0.2) is 4.79 Å². The van der Waals surface area contributed by atoms with Crippen molar-refractivity contribution in [2.45, 2.75) is 6.92 Å². The Morgan fingerprint density at radius 3 is 2.41 bits per heavy atom. The van der Waals surface area contributed by atoms with Crippen molar-refractivity contribution in [3.8, 4) is 11.5 Å². The van der Waals surface area contributed by atoms with Gasteiger partial charge in [-0.3, -0.25) is 10.1 Å². The van der Waals surface area contributed by atoms with Gasteiger partial charge in [-0.15, -0.1) is 0 Å². The summed E-state index contributed by atoms with van der Waals surface area (Å²) in [5, 5.41) is 14.9. The zero-order valence-electron chi connectivity index (χ0n) is 11.6. The van der Waals surface area contributed by atoms with Crippen molar-refractivity contribution in [2.24, 2.45) is 0 Å². The van der Waals surface area contributed by atoms with E-state index in [4.69, 9.17) is 16.3 Å². The fourth-order valence-corrected chi connectivity index (χ4v) is 1.83. The van der Waals surface area contributed by atoms with Crippen molar-refractivity contribution >= 4 is 35.0 Å². The second kappa shape index (κ2) is 6.82. The van der Waals surface area contributed by atoms with E-state index in [-0.39, 0.29) is 23.1 Å². The number of phenolic OH excluding ortho intramolecular Hbond substituents is 1. The summed E-state index contributed by atoms with van der Waals surface area (Å²) in [5.41, 5.74) is 0.736. The SMILES string of the molecule is CC(=O)Nc1ccc(OC(=O)Nc2cc(Cl)ccc2O)cc1. The first-order valence-corrected chi connectivity index (χ1v) is 6.67. The van der Waals surface area contributed by atoms with Gasteiger partial charge in [-0.05, 0) is 42.5 Å². The number of ether oxygens (including phenoxy) is 1. The second-order valence-corrected chi connectivity index (χ2v) is 4.82. The van der Waals surface area contributed by atoms with Crippen LogP contribution in [0.3, 0.4) is 0 Å². The average Bonchev–Trinajstić information content (AvgIpc) is 2.44. The number of carbonyl (C=O) groups is 2. The highest BCUT2D eigenvalue weighted by Crippen LogP contribution is 2.26. The summed E-state index contributed by atoms with van der Waals surface area (Å²) < 4.78 is 5.06. The lowest BCUT2D eigenvalue weighted by Gasteiger charge is -2.09. The molecule has 0 aromatic heterocycles. The van der Waals surface area contributed by atoms with E-state index in [9.17, 15) is 14.7 Å². The van der Waals surface area contributed by atoms with Gasteiger partial charge in [-0.1, -0.05) is 11.6 Å². The van der Waals surface area contributed by atoms with Gasteiger partial charge in [0.15, 0.2) is 0 Å². The zero-order chi connectivity index (χ0) is 16.1. The second-order valence-electron chi connectivity index (χ2n) is 4.38. The molecule has 0 radical (unpaired) electrons. The molecule has 2 aromatic rings. The molecule has 0 aliphatic heterocycles. The largest absolute Gasteiger partial charge is 0.506 e. The number of phenols is 1. The highest BCUT2D eigenvalue weighted by atomic mass is 35.5. The highest BCUT2D eigenvalue weighted by molar-refractivity contribution is 6.31. The van der Waals surface area contributed by atoms with Crippen LogP contribution in [0.4, 0.5) is 16.2 Å². The molecule has 0 bridgehead atoms.